The molecule has 0 saturated carbocycles. The Morgan fingerprint density at radius 2 is 1.52 bits per heavy atom. The molecule has 7 heteroatoms. The molecule has 0 bridgehead atoms. The van der Waals surface area contributed by atoms with Gasteiger partial charge in [0.2, 0.25) is 0 Å². The summed E-state index contributed by atoms with van der Waals surface area (Å²) in [6.45, 7) is 3.57. The highest BCUT2D eigenvalue weighted by Gasteiger charge is 2.19. The van der Waals surface area contributed by atoms with Crippen LogP contribution in [0.3, 0.4) is 0 Å². The highest BCUT2D eigenvalue weighted by atomic mass is 32.1. The van der Waals surface area contributed by atoms with Crippen LogP contribution in [0.4, 0.5) is 11.4 Å². The molecule has 2 aromatic carbocycles. The van der Waals surface area contributed by atoms with E-state index in [1.807, 2.05) is 30.3 Å². The van der Waals surface area contributed by atoms with Crippen molar-refractivity contribution in [3.05, 3.63) is 42.5 Å². The summed E-state index contributed by atoms with van der Waals surface area (Å²) in [7, 11) is 4.93. The lowest BCUT2D eigenvalue weighted by Crippen LogP contribution is -2.50. The number of thiocarbonyl (C=S) groups is 1. The Labute approximate surface area is 165 Å². The van der Waals surface area contributed by atoms with Crippen molar-refractivity contribution in [2.75, 3.05) is 57.7 Å². The summed E-state index contributed by atoms with van der Waals surface area (Å²) in [4.78, 5) is 4.54. The zero-order chi connectivity index (χ0) is 19.2. The van der Waals surface area contributed by atoms with E-state index in [1.165, 1.54) is 5.69 Å². The molecule has 1 fully saturated rings. The fourth-order valence-electron chi connectivity index (χ4n) is 3.08. The van der Waals surface area contributed by atoms with Crippen molar-refractivity contribution in [3.8, 4) is 17.2 Å². The van der Waals surface area contributed by atoms with Crippen LogP contribution in [0.15, 0.2) is 42.5 Å². The van der Waals surface area contributed by atoms with E-state index in [1.54, 1.807) is 21.3 Å². The van der Waals surface area contributed by atoms with Gasteiger partial charge in [-0.05, 0) is 48.6 Å². The smallest absolute Gasteiger partial charge is 0.173 e. The predicted octanol–water partition coefficient (Wildman–Crippen LogP) is 3.23. The quantitative estimate of drug-likeness (QED) is 0.791. The molecule has 0 atom stereocenters. The number of ether oxygens (including phenoxy) is 3. The van der Waals surface area contributed by atoms with Gasteiger partial charge in [0.25, 0.3) is 0 Å². The number of nitrogens with zero attached hydrogens (tertiary/aromatic N) is 2. The van der Waals surface area contributed by atoms with Gasteiger partial charge in [0.1, 0.15) is 5.75 Å². The summed E-state index contributed by atoms with van der Waals surface area (Å²) in [6.07, 6.45) is 0. The molecule has 2 aromatic rings. The molecule has 0 radical (unpaired) electrons. The van der Waals surface area contributed by atoms with Crippen molar-refractivity contribution in [2.24, 2.45) is 0 Å². The normalized spacial score (nSPS) is 13.9. The molecule has 1 N–H and O–H groups in total. The van der Waals surface area contributed by atoms with Crippen LogP contribution in [0.1, 0.15) is 0 Å². The molecule has 0 amide bonds. The standard InChI is InChI=1S/C20H25N3O3S/c1-24-17-7-5-16(6-8-17)22-10-12-23(13-11-22)20(27)21-15-4-9-18(25-2)19(14-15)26-3/h4-9,14H,10-13H2,1-3H3,(H,21,27). The van der Waals surface area contributed by atoms with Gasteiger partial charge in [-0.3, -0.25) is 0 Å². The largest absolute Gasteiger partial charge is 0.497 e. The first-order valence-corrected chi connectivity index (χ1v) is 9.22. The SMILES string of the molecule is COc1ccc(N2CCN(C(=S)Nc3ccc(OC)c(OC)c3)CC2)cc1. The van der Waals surface area contributed by atoms with Crippen LogP contribution in [0.25, 0.3) is 0 Å². The Balaban J connectivity index is 1.56. The maximum atomic E-state index is 5.59. The van der Waals surface area contributed by atoms with E-state index in [4.69, 9.17) is 26.4 Å². The number of anilines is 2. The minimum atomic E-state index is 0.676. The van der Waals surface area contributed by atoms with Crippen LogP contribution in [-0.4, -0.2) is 57.5 Å². The molecule has 6 nitrogen and oxygen atoms in total. The lowest BCUT2D eigenvalue weighted by Gasteiger charge is -2.37. The molecule has 27 heavy (non-hydrogen) atoms. The number of hydrogen-bond acceptors (Lipinski definition) is 5. The van der Waals surface area contributed by atoms with Crippen molar-refractivity contribution in [1.29, 1.82) is 0 Å². The second-order valence-corrected chi connectivity index (χ2v) is 6.56. The van der Waals surface area contributed by atoms with Crippen LogP contribution in [0, 0.1) is 0 Å². The van der Waals surface area contributed by atoms with E-state index in [2.05, 4.69) is 27.2 Å². The highest BCUT2D eigenvalue weighted by Crippen LogP contribution is 2.30. The van der Waals surface area contributed by atoms with E-state index in [-0.39, 0.29) is 0 Å². The number of nitrogens with one attached hydrogen (secondary N) is 1. The van der Waals surface area contributed by atoms with Gasteiger partial charge >= 0.3 is 0 Å². The molecule has 1 heterocycles. The minimum absolute atomic E-state index is 0.676. The minimum Gasteiger partial charge on any atom is -0.497 e. The third-order valence-electron chi connectivity index (χ3n) is 4.64. The summed E-state index contributed by atoms with van der Waals surface area (Å²) < 4.78 is 15.8. The average molecular weight is 388 g/mol. The number of methoxy groups -OCH3 is 3. The summed E-state index contributed by atoms with van der Waals surface area (Å²) in [5.41, 5.74) is 2.09. The zero-order valence-electron chi connectivity index (χ0n) is 15.9. The van der Waals surface area contributed by atoms with Gasteiger partial charge in [-0.1, -0.05) is 0 Å². The van der Waals surface area contributed by atoms with Crippen LogP contribution in [0.2, 0.25) is 0 Å². The van der Waals surface area contributed by atoms with Gasteiger partial charge < -0.3 is 29.3 Å². The Hall–Kier alpha value is -2.67. The predicted molar refractivity (Wildman–Crippen MR) is 113 cm³/mol. The molecule has 144 valence electrons. The molecule has 0 spiro atoms. The van der Waals surface area contributed by atoms with Crippen LogP contribution >= 0.6 is 12.2 Å². The molecular formula is C20H25N3O3S. The van der Waals surface area contributed by atoms with E-state index in [9.17, 15) is 0 Å². The number of hydrogen-bond donors (Lipinski definition) is 1. The van der Waals surface area contributed by atoms with E-state index in [0.29, 0.717) is 11.5 Å². The number of piperazine rings is 1. The van der Waals surface area contributed by atoms with Crippen LogP contribution < -0.4 is 24.4 Å². The molecule has 1 saturated heterocycles. The third kappa shape index (κ3) is 4.54. The molecular weight excluding hydrogens is 362 g/mol. The molecule has 0 unspecified atom stereocenters. The van der Waals surface area contributed by atoms with Gasteiger partial charge in [-0.2, -0.15) is 0 Å². The first-order valence-electron chi connectivity index (χ1n) is 8.81. The Morgan fingerprint density at radius 3 is 2.11 bits per heavy atom. The highest BCUT2D eigenvalue weighted by molar-refractivity contribution is 7.80. The van der Waals surface area contributed by atoms with Crippen molar-refractivity contribution < 1.29 is 14.2 Å². The average Bonchev–Trinajstić information content (AvgIpc) is 2.73. The third-order valence-corrected chi connectivity index (χ3v) is 5.00. The molecule has 1 aliphatic heterocycles. The first-order chi connectivity index (χ1) is 13.1. The Kier molecular flexibility index (Phi) is 6.24. The van der Waals surface area contributed by atoms with E-state index in [0.717, 1.165) is 42.7 Å². The summed E-state index contributed by atoms with van der Waals surface area (Å²) in [6, 6.07) is 13.9. The fourth-order valence-corrected chi connectivity index (χ4v) is 3.38. The second-order valence-electron chi connectivity index (χ2n) is 6.17. The van der Waals surface area contributed by atoms with Crippen molar-refractivity contribution >= 4 is 28.7 Å². The van der Waals surface area contributed by atoms with Gasteiger partial charge in [0.15, 0.2) is 16.6 Å². The molecule has 3 rings (SSSR count). The Bertz CT molecular complexity index is 775. The van der Waals surface area contributed by atoms with Crippen molar-refractivity contribution in [2.45, 2.75) is 0 Å². The van der Waals surface area contributed by atoms with Crippen LogP contribution in [0.5, 0.6) is 17.2 Å². The molecule has 0 aliphatic carbocycles. The first kappa shape index (κ1) is 19.1. The van der Waals surface area contributed by atoms with Crippen LogP contribution in [-0.2, 0) is 0 Å². The van der Waals surface area contributed by atoms with Gasteiger partial charge in [0, 0.05) is 43.6 Å². The lowest BCUT2D eigenvalue weighted by molar-refractivity contribution is 0.355. The fraction of sp³-hybridized carbons (Fsp3) is 0.350. The number of benzene rings is 2. The summed E-state index contributed by atoms with van der Waals surface area (Å²) in [5.74, 6) is 2.24. The van der Waals surface area contributed by atoms with E-state index >= 15 is 0 Å². The zero-order valence-corrected chi connectivity index (χ0v) is 16.7. The van der Waals surface area contributed by atoms with Gasteiger partial charge in [0.05, 0.1) is 21.3 Å². The monoisotopic (exact) mass is 387 g/mol. The summed E-state index contributed by atoms with van der Waals surface area (Å²) in [5, 5.41) is 4.01. The Morgan fingerprint density at radius 1 is 0.852 bits per heavy atom. The van der Waals surface area contributed by atoms with E-state index < -0.39 is 0 Å². The van der Waals surface area contributed by atoms with Crippen molar-refractivity contribution in [3.63, 3.8) is 0 Å². The van der Waals surface area contributed by atoms with Gasteiger partial charge in [-0.25, -0.2) is 0 Å². The summed E-state index contributed by atoms with van der Waals surface area (Å²) >= 11 is 5.59. The van der Waals surface area contributed by atoms with Crippen molar-refractivity contribution in [1.82, 2.24) is 4.90 Å². The molecule has 1 aliphatic rings. The topological polar surface area (TPSA) is 46.2 Å². The number of rotatable bonds is 5. The second kappa shape index (κ2) is 8.81. The maximum absolute atomic E-state index is 5.59. The lowest BCUT2D eigenvalue weighted by atomic mass is 10.2. The molecule has 0 aromatic heterocycles. The maximum Gasteiger partial charge on any atom is 0.173 e. The van der Waals surface area contributed by atoms with Gasteiger partial charge in [-0.15, -0.1) is 0 Å².